The molecule has 4 nitrogen and oxygen atoms in total. The van der Waals surface area contributed by atoms with E-state index >= 15 is 0 Å². The lowest BCUT2D eigenvalue weighted by Crippen LogP contribution is -2.26. The standard InChI is InChI=1S/C8H12ClNO3S/c1-3-10(2)14(11,12)8-5-4-7(6-9)13-8/h4-5H,3,6H2,1-2H3. The van der Waals surface area contributed by atoms with Gasteiger partial charge >= 0.3 is 0 Å². The highest BCUT2D eigenvalue weighted by atomic mass is 35.5. The topological polar surface area (TPSA) is 50.5 Å². The number of alkyl halides is 1. The van der Waals surface area contributed by atoms with E-state index in [9.17, 15) is 8.42 Å². The fraction of sp³-hybridized carbons (Fsp3) is 0.500. The summed E-state index contributed by atoms with van der Waals surface area (Å²) >= 11 is 5.50. The molecule has 0 radical (unpaired) electrons. The number of hydrogen-bond acceptors (Lipinski definition) is 3. The maximum absolute atomic E-state index is 11.7. The summed E-state index contributed by atoms with van der Waals surface area (Å²) in [5.41, 5.74) is 0. The summed E-state index contributed by atoms with van der Waals surface area (Å²) < 4.78 is 29.6. The molecule has 0 saturated heterocycles. The Kier molecular flexibility index (Phi) is 3.58. The molecule has 0 aliphatic carbocycles. The predicted octanol–water partition coefficient (Wildman–Crippen LogP) is 1.66. The average molecular weight is 238 g/mol. The van der Waals surface area contributed by atoms with Crippen LogP contribution in [0.2, 0.25) is 0 Å². The van der Waals surface area contributed by atoms with Gasteiger partial charge in [-0.05, 0) is 12.1 Å². The highest BCUT2D eigenvalue weighted by molar-refractivity contribution is 7.89. The maximum Gasteiger partial charge on any atom is 0.276 e. The first-order valence-corrected chi connectivity index (χ1v) is 6.10. The lowest BCUT2D eigenvalue weighted by atomic mass is 10.5. The number of sulfonamides is 1. The first-order chi connectivity index (χ1) is 6.52. The van der Waals surface area contributed by atoms with E-state index in [1.165, 1.54) is 17.4 Å². The number of furan rings is 1. The molecule has 0 aliphatic rings. The summed E-state index contributed by atoms with van der Waals surface area (Å²) in [6, 6.07) is 2.97. The van der Waals surface area contributed by atoms with Crippen LogP contribution in [0.15, 0.2) is 21.6 Å². The van der Waals surface area contributed by atoms with Crippen LogP contribution in [-0.2, 0) is 15.9 Å². The van der Waals surface area contributed by atoms with Crippen LogP contribution in [0.5, 0.6) is 0 Å². The Balaban J connectivity index is 3.04. The van der Waals surface area contributed by atoms with Gasteiger partial charge < -0.3 is 4.42 Å². The highest BCUT2D eigenvalue weighted by Crippen LogP contribution is 2.18. The second-order valence-corrected chi connectivity index (χ2v) is 5.02. The van der Waals surface area contributed by atoms with Crippen molar-refractivity contribution in [2.75, 3.05) is 13.6 Å². The molecule has 0 fully saturated rings. The first-order valence-electron chi connectivity index (χ1n) is 4.13. The largest absolute Gasteiger partial charge is 0.447 e. The third kappa shape index (κ3) is 2.10. The zero-order valence-electron chi connectivity index (χ0n) is 8.03. The molecule has 0 spiro atoms. The summed E-state index contributed by atoms with van der Waals surface area (Å²) in [6.45, 7) is 2.15. The molecule has 1 rings (SSSR count). The van der Waals surface area contributed by atoms with Gasteiger partial charge in [-0.25, -0.2) is 8.42 Å². The van der Waals surface area contributed by atoms with Crippen LogP contribution < -0.4 is 0 Å². The molecule has 0 amide bonds. The molecule has 1 aromatic heterocycles. The normalized spacial score (nSPS) is 12.3. The van der Waals surface area contributed by atoms with Crippen molar-refractivity contribution in [3.63, 3.8) is 0 Å². The predicted molar refractivity (Wildman–Crippen MR) is 53.8 cm³/mol. The van der Waals surface area contributed by atoms with Crippen molar-refractivity contribution in [3.05, 3.63) is 17.9 Å². The van der Waals surface area contributed by atoms with Crippen LogP contribution in [0.1, 0.15) is 12.7 Å². The minimum atomic E-state index is -3.47. The van der Waals surface area contributed by atoms with E-state index < -0.39 is 10.0 Å². The van der Waals surface area contributed by atoms with Crippen molar-refractivity contribution in [2.24, 2.45) is 0 Å². The van der Waals surface area contributed by atoms with Gasteiger partial charge in [0.2, 0.25) is 5.09 Å². The molecule has 1 aromatic rings. The molecule has 1 heterocycles. The van der Waals surface area contributed by atoms with E-state index in [1.54, 1.807) is 13.0 Å². The third-order valence-electron chi connectivity index (χ3n) is 1.88. The van der Waals surface area contributed by atoms with Gasteiger partial charge in [0.05, 0.1) is 5.88 Å². The maximum atomic E-state index is 11.7. The van der Waals surface area contributed by atoms with E-state index in [1.807, 2.05) is 0 Å². The number of rotatable bonds is 4. The van der Waals surface area contributed by atoms with Crippen LogP contribution >= 0.6 is 11.6 Å². The Bertz CT molecular complexity index is 398. The second kappa shape index (κ2) is 4.33. The number of nitrogens with zero attached hydrogens (tertiary/aromatic N) is 1. The van der Waals surface area contributed by atoms with Crippen molar-refractivity contribution < 1.29 is 12.8 Å². The van der Waals surface area contributed by atoms with E-state index in [0.717, 1.165) is 0 Å². The Morgan fingerprint density at radius 2 is 2.14 bits per heavy atom. The van der Waals surface area contributed by atoms with Crippen molar-refractivity contribution in [1.29, 1.82) is 0 Å². The number of hydrogen-bond donors (Lipinski definition) is 0. The highest BCUT2D eigenvalue weighted by Gasteiger charge is 2.22. The quantitative estimate of drug-likeness (QED) is 0.749. The number of halogens is 1. The zero-order chi connectivity index (χ0) is 10.8. The summed E-state index contributed by atoms with van der Waals surface area (Å²) in [5, 5.41) is -0.0579. The van der Waals surface area contributed by atoms with E-state index in [4.69, 9.17) is 16.0 Å². The Morgan fingerprint density at radius 3 is 2.57 bits per heavy atom. The van der Waals surface area contributed by atoms with E-state index in [0.29, 0.717) is 12.3 Å². The SMILES string of the molecule is CCN(C)S(=O)(=O)c1ccc(CCl)o1. The molecule has 0 N–H and O–H groups in total. The van der Waals surface area contributed by atoms with Crippen molar-refractivity contribution in [2.45, 2.75) is 17.9 Å². The molecule has 6 heteroatoms. The molecule has 0 unspecified atom stereocenters. The fourth-order valence-corrected chi connectivity index (χ4v) is 2.14. The minimum Gasteiger partial charge on any atom is -0.447 e. The third-order valence-corrected chi connectivity index (χ3v) is 3.95. The van der Waals surface area contributed by atoms with Crippen molar-refractivity contribution in [3.8, 4) is 0 Å². The van der Waals surface area contributed by atoms with Gasteiger partial charge in [-0.2, -0.15) is 4.31 Å². The van der Waals surface area contributed by atoms with Gasteiger partial charge in [-0.15, -0.1) is 11.6 Å². The lowest BCUT2D eigenvalue weighted by molar-refractivity contribution is 0.399. The van der Waals surface area contributed by atoms with Crippen LogP contribution in [0.3, 0.4) is 0 Å². The summed E-state index contributed by atoms with van der Waals surface area (Å²) in [6.07, 6.45) is 0. The molecule has 0 aromatic carbocycles. The van der Waals surface area contributed by atoms with Gasteiger partial charge in [-0.1, -0.05) is 6.92 Å². The molecule has 80 valence electrons. The molecular formula is C8H12ClNO3S. The van der Waals surface area contributed by atoms with Gasteiger partial charge in [0, 0.05) is 13.6 Å². The molecule has 0 aliphatic heterocycles. The van der Waals surface area contributed by atoms with E-state index in [2.05, 4.69) is 0 Å². The van der Waals surface area contributed by atoms with Crippen LogP contribution in [0.25, 0.3) is 0 Å². The molecule has 0 atom stereocenters. The Labute approximate surface area is 88.5 Å². The van der Waals surface area contributed by atoms with Crippen molar-refractivity contribution >= 4 is 21.6 Å². The van der Waals surface area contributed by atoms with Gasteiger partial charge in [-0.3, -0.25) is 0 Å². The first kappa shape index (κ1) is 11.6. The molecular weight excluding hydrogens is 226 g/mol. The molecule has 0 bridgehead atoms. The van der Waals surface area contributed by atoms with Crippen LogP contribution in [0.4, 0.5) is 0 Å². The summed E-state index contributed by atoms with van der Waals surface area (Å²) in [4.78, 5) is 0. The minimum absolute atomic E-state index is 0.0579. The summed E-state index contributed by atoms with van der Waals surface area (Å²) in [7, 11) is -1.97. The van der Waals surface area contributed by atoms with Crippen LogP contribution in [0, 0.1) is 0 Å². The molecule has 14 heavy (non-hydrogen) atoms. The molecule has 0 saturated carbocycles. The Morgan fingerprint density at radius 1 is 1.50 bits per heavy atom. The average Bonchev–Trinajstić information content (AvgIpc) is 2.65. The smallest absolute Gasteiger partial charge is 0.276 e. The fourth-order valence-electron chi connectivity index (χ4n) is 0.892. The van der Waals surface area contributed by atoms with Crippen molar-refractivity contribution in [1.82, 2.24) is 4.31 Å². The summed E-state index contributed by atoms with van der Waals surface area (Å²) in [5.74, 6) is 0.625. The van der Waals surface area contributed by atoms with E-state index in [-0.39, 0.29) is 11.0 Å². The van der Waals surface area contributed by atoms with Gasteiger partial charge in [0.1, 0.15) is 5.76 Å². The monoisotopic (exact) mass is 237 g/mol. The van der Waals surface area contributed by atoms with Crippen LogP contribution in [-0.4, -0.2) is 26.3 Å². The Hall–Kier alpha value is -0.520. The van der Waals surface area contributed by atoms with Gasteiger partial charge in [0.15, 0.2) is 0 Å². The zero-order valence-corrected chi connectivity index (χ0v) is 9.60. The lowest BCUT2D eigenvalue weighted by Gasteiger charge is -2.11. The second-order valence-electron chi connectivity index (χ2n) is 2.77. The van der Waals surface area contributed by atoms with Gasteiger partial charge in [0.25, 0.3) is 10.0 Å².